The van der Waals surface area contributed by atoms with Crippen LogP contribution in [0.25, 0.3) is 11.0 Å². The molecule has 0 fully saturated rings. The molecule has 0 bridgehead atoms. The highest BCUT2D eigenvalue weighted by Crippen LogP contribution is 2.36. The minimum Gasteiger partial charge on any atom is -0.497 e. The summed E-state index contributed by atoms with van der Waals surface area (Å²) < 4.78 is 42.9. The number of alkyl halides is 3. The van der Waals surface area contributed by atoms with Gasteiger partial charge in [0.25, 0.3) is 0 Å². The molecular weight excluding hydrogens is 351 g/mol. The predicted octanol–water partition coefficient (Wildman–Crippen LogP) is 4.79. The lowest BCUT2D eigenvalue weighted by molar-refractivity contribution is -0.137. The van der Waals surface area contributed by atoms with Crippen LogP contribution in [0.4, 0.5) is 13.2 Å². The van der Waals surface area contributed by atoms with Crippen molar-refractivity contribution in [1.29, 1.82) is 0 Å². The van der Waals surface area contributed by atoms with Crippen LogP contribution in [0, 0.1) is 0 Å². The number of hydrogen-bond donors (Lipinski definition) is 1. The van der Waals surface area contributed by atoms with E-state index in [0.717, 1.165) is 29.5 Å². The summed E-state index contributed by atoms with van der Waals surface area (Å²) in [6.07, 6.45) is -3.73. The number of pyridine rings is 1. The summed E-state index contributed by atoms with van der Waals surface area (Å²) in [7, 11) is 1.55. The number of imidazole rings is 1. The van der Waals surface area contributed by atoms with E-state index in [-0.39, 0.29) is 10.0 Å². The summed E-state index contributed by atoms with van der Waals surface area (Å²) in [6.45, 7) is 0. The number of ether oxygens (including phenoxy) is 1. The lowest BCUT2D eigenvalue weighted by Crippen LogP contribution is -2.05. The Morgan fingerprint density at radius 3 is 2.70 bits per heavy atom. The summed E-state index contributed by atoms with van der Waals surface area (Å²) in [5.74, 6) is 0.670. The second kappa shape index (κ2) is 5.93. The molecule has 0 aliphatic carbocycles. The molecule has 0 saturated carbocycles. The molecule has 0 aliphatic heterocycles. The minimum absolute atomic E-state index is 0.0807. The number of halogens is 4. The number of methoxy groups -OCH3 is 1. The number of fused-ring (bicyclic) bond motifs is 1. The fraction of sp³-hybridized carbons (Fsp3) is 0.143. The topological polar surface area (TPSA) is 50.8 Å². The molecule has 3 aromatic rings. The van der Waals surface area contributed by atoms with E-state index in [1.165, 1.54) is 0 Å². The third kappa shape index (κ3) is 3.37. The molecule has 0 spiro atoms. The van der Waals surface area contributed by atoms with Crippen molar-refractivity contribution in [2.24, 2.45) is 0 Å². The van der Waals surface area contributed by atoms with Crippen LogP contribution in [0.5, 0.6) is 5.75 Å². The molecule has 0 aliphatic rings. The fourth-order valence-corrected chi connectivity index (χ4v) is 2.92. The molecule has 0 unspecified atom stereocenters. The summed E-state index contributed by atoms with van der Waals surface area (Å²) >= 11 is 6.94. The van der Waals surface area contributed by atoms with E-state index >= 15 is 0 Å². The SMILES string of the molecule is COc1ccc2nc(Sc3ncc(C(F)(F)F)cc3Cl)[nH]c2c1. The predicted molar refractivity (Wildman–Crippen MR) is 81.0 cm³/mol. The van der Waals surface area contributed by atoms with Crippen molar-refractivity contribution in [1.82, 2.24) is 15.0 Å². The van der Waals surface area contributed by atoms with Gasteiger partial charge in [0.1, 0.15) is 10.8 Å². The smallest absolute Gasteiger partial charge is 0.417 e. The number of hydrogen-bond acceptors (Lipinski definition) is 4. The molecule has 3 rings (SSSR count). The van der Waals surface area contributed by atoms with Crippen LogP contribution >= 0.6 is 23.4 Å². The second-order valence-electron chi connectivity index (χ2n) is 4.54. The van der Waals surface area contributed by atoms with Crippen molar-refractivity contribution in [3.05, 3.63) is 41.0 Å². The minimum atomic E-state index is -4.48. The largest absolute Gasteiger partial charge is 0.497 e. The third-order valence-electron chi connectivity index (χ3n) is 3.00. The van der Waals surface area contributed by atoms with Gasteiger partial charge in [-0.3, -0.25) is 0 Å². The zero-order valence-electron chi connectivity index (χ0n) is 11.6. The number of nitrogens with zero attached hydrogens (tertiary/aromatic N) is 2. The highest BCUT2D eigenvalue weighted by atomic mass is 35.5. The molecule has 1 aromatic carbocycles. The number of rotatable bonds is 3. The van der Waals surface area contributed by atoms with Crippen LogP contribution in [0.2, 0.25) is 5.02 Å². The van der Waals surface area contributed by atoms with Gasteiger partial charge >= 0.3 is 6.18 Å². The molecule has 0 atom stereocenters. The van der Waals surface area contributed by atoms with Crippen molar-refractivity contribution in [2.75, 3.05) is 7.11 Å². The number of benzene rings is 1. The maximum Gasteiger partial charge on any atom is 0.417 e. The van der Waals surface area contributed by atoms with Crippen LogP contribution in [0.15, 0.2) is 40.6 Å². The normalized spacial score (nSPS) is 11.9. The first kappa shape index (κ1) is 15.9. The van der Waals surface area contributed by atoms with Crippen LogP contribution in [-0.2, 0) is 6.18 Å². The lowest BCUT2D eigenvalue weighted by Gasteiger charge is -2.07. The monoisotopic (exact) mass is 359 g/mol. The van der Waals surface area contributed by atoms with Gasteiger partial charge in [0, 0.05) is 12.3 Å². The Morgan fingerprint density at radius 1 is 1.26 bits per heavy atom. The Morgan fingerprint density at radius 2 is 2.04 bits per heavy atom. The summed E-state index contributed by atoms with van der Waals surface area (Å²) in [4.78, 5) is 11.1. The molecule has 2 aromatic heterocycles. The Labute approximate surface area is 138 Å². The van der Waals surface area contributed by atoms with Crippen molar-refractivity contribution in [2.45, 2.75) is 16.4 Å². The van der Waals surface area contributed by atoms with Gasteiger partial charge in [-0.15, -0.1) is 0 Å². The zero-order valence-corrected chi connectivity index (χ0v) is 13.2. The molecule has 0 saturated heterocycles. The molecule has 4 nitrogen and oxygen atoms in total. The van der Waals surface area contributed by atoms with Crippen LogP contribution in [0.3, 0.4) is 0 Å². The van der Waals surface area contributed by atoms with E-state index in [0.29, 0.717) is 16.4 Å². The number of nitrogens with one attached hydrogen (secondary N) is 1. The van der Waals surface area contributed by atoms with Crippen LogP contribution < -0.4 is 4.74 Å². The Bertz CT molecular complexity index is 866. The van der Waals surface area contributed by atoms with E-state index in [1.807, 2.05) is 0 Å². The van der Waals surface area contributed by atoms with Crippen LogP contribution in [0.1, 0.15) is 5.56 Å². The van der Waals surface area contributed by atoms with E-state index in [1.54, 1.807) is 25.3 Å². The van der Waals surface area contributed by atoms with Crippen molar-refractivity contribution in [3.8, 4) is 5.75 Å². The molecule has 0 radical (unpaired) electrons. The summed E-state index contributed by atoms with van der Waals surface area (Å²) in [5, 5.41) is 0.635. The number of aromatic amines is 1. The van der Waals surface area contributed by atoms with Gasteiger partial charge in [-0.2, -0.15) is 13.2 Å². The first-order valence-corrected chi connectivity index (χ1v) is 7.50. The van der Waals surface area contributed by atoms with Gasteiger partial charge < -0.3 is 9.72 Å². The van der Waals surface area contributed by atoms with Crippen molar-refractivity contribution in [3.63, 3.8) is 0 Å². The second-order valence-corrected chi connectivity index (χ2v) is 5.92. The van der Waals surface area contributed by atoms with E-state index in [2.05, 4.69) is 15.0 Å². The highest BCUT2D eigenvalue weighted by Gasteiger charge is 2.31. The zero-order chi connectivity index (χ0) is 16.6. The fourth-order valence-electron chi connectivity index (χ4n) is 1.89. The molecule has 0 amide bonds. The number of H-pyrrole nitrogens is 1. The van der Waals surface area contributed by atoms with E-state index in [4.69, 9.17) is 16.3 Å². The van der Waals surface area contributed by atoms with Gasteiger partial charge in [0.2, 0.25) is 0 Å². The maximum atomic E-state index is 12.6. The molecule has 1 N–H and O–H groups in total. The van der Waals surface area contributed by atoms with Crippen LogP contribution in [-0.4, -0.2) is 22.1 Å². The first-order chi connectivity index (χ1) is 10.9. The lowest BCUT2D eigenvalue weighted by atomic mass is 10.3. The highest BCUT2D eigenvalue weighted by molar-refractivity contribution is 7.99. The molecule has 9 heteroatoms. The van der Waals surface area contributed by atoms with Gasteiger partial charge in [-0.25, -0.2) is 9.97 Å². The maximum absolute atomic E-state index is 12.6. The Balaban J connectivity index is 1.90. The molecular formula is C14H9ClF3N3OS. The average Bonchev–Trinajstić information content (AvgIpc) is 2.89. The van der Waals surface area contributed by atoms with E-state index in [9.17, 15) is 13.2 Å². The standard InChI is InChI=1S/C14H9ClF3N3OS/c1-22-8-2-3-10-11(5-8)21-13(20-10)23-12-9(15)4-7(6-19-12)14(16,17)18/h2-6H,1H3,(H,20,21). The van der Waals surface area contributed by atoms with Gasteiger partial charge in [-0.1, -0.05) is 11.6 Å². The average molecular weight is 360 g/mol. The van der Waals surface area contributed by atoms with E-state index < -0.39 is 11.7 Å². The van der Waals surface area contributed by atoms with Gasteiger partial charge in [0.15, 0.2) is 5.16 Å². The summed E-state index contributed by atoms with van der Waals surface area (Å²) in [6, 6.07) is 6.16. The molecule has 23 heavy (non-hydrogen) atoms. The summed E-state index contributed by atoms with van der Waals surface area (Å²) in [5.41, 5.74) is 0.562. The first-order valence-electron chi connectivity index (χ1n) is 6.31. The quantitative estimate of drug-likeness (QED) is 0.730. The third-order valence-corrected chi connectivity index (χ3v) is 4.30. The Kier molecular flexibility index (Phi) is 4.11. The molecule has 2 heterocycles. The molecule has 120 valence electrons. The van der Waals surface area contributed by atoms with Gasteiger partial charge in [0.05, 0.1) is 28.7 Å². The Hall–Kier alpha value is -1.93. The number of aromatic nitrogens is 3. The van der Waals surface area contributed by atoms with Crippen molar-refractivity contribution < 1.29 is 17.9 Å². The van der Waals surface area contributed by atoms with Crippen molar-refractivity contribution >= 4 is 34.4 Å². The van der Waals surface area contributed by atoms with Gasteiger partial charge in [-0.05, 0) is 30.0 Å².